The smallest absolute Gasteiger partial charge is 0.163 e. The summed E-state index contributed by atoms with van der Waals surface area (Å²) in [5.41, 5.74) is 3.29. The van der Waals surface area contributed by atoms with Crippen LogP contribution in [-0.4, -0.2) is 38.0 Å². The van der Waals surface area contributed by atoms with E-state index in [0.29, 0.717) is 42.8 Å². The van der Waals surface area contributed by atoms with Gasteiger partial charge in [-0.15, -0.1) is 0 Å². The van der Waals surface area contributed by atoms with Crippen molar-refractivity contribution >= 4 is 11.6 Å². The molecular weight excluding hydrogens is 364 g/mol. The van der Waals surface area contributed by atoms with Crippen LogP contribution in [0.4, 0.5) is 0 Å². The Balaban J connectivity index is 2.00. The molecule has 0 unspecified atom stereocenters. The van der Waals surface area contributed by atoms with Gasteiger partial charge in [-0.05, 0) is 36.6 Å². The number of hydrogen-bond acceptors (Lipinski definition) is 5. The summed E-state index contributed by atoms with van der Waals surface area (Å²) in [5, 5.41) is 15.9. The lowest BCUT2D eigenvalue weighted by Crippen LogP contribution is -2.28. The summed E-state index contributed by atoms with van der Waals surface area (Å²) in [6.07, 6.45) is 0. The van der Waals surface area contributed by atoms with Gasteiger partial charge in [0.1, 0.15) is 6.61 Å². The average Bonchev–Trinajstić information content (AvgIpc) is 2.66. The number of aliphatic hydroxyl groups excluding tert-OH is 1. The third-order valence-corrected chi connectivity index (χ3v) is 4.49. The highest BCUT2D eigenvalue weighted by atomic mass is 35.5. The van der Waals surface area contributed by atoms with Crippen molar-refractivity contribution in [2.45, 2.75) is 27.0 Å². The number of halogens is 1. The van der Waals surface area contributed by atoms with Gasteiger partial charge in [-0.3, -0.25) is 0 Å². The molecule has 0 aliphatic carbocycles. The van der Waals surface area contributed by atoms with Gasteiger partial charge >= 0.3 is 0 Å². The van der Waals surface area contributed by atoms with Crippen LogP contribution in [0.15, 0.2) is 36.4 Å². The van der Waals surface area contributed by atoms with E-state index in [4.69, 9.17) is 26.2 Å². The lowest BCUT2D eigenvalue weighted by Gasteiger charge is -2.16. The zero-order valence-electron chi connectivity index (χ0n) is 16.1. The highest BCUT2D eigenvalue weighted by molar-refractivity contribution is 6.31. The summed E-state index contributed by atoms with van der Waals surface area (Å²) in [5.74, 6) is 1.35. The van der Waals surface area contributed by atoms with Crippen LogP contribution in [0.5, 0.6) is 11.5 Å². The van der Waals surface area contributed by atoms with Crippen LogP contribution in [0, 0.1) is 6.92 Å². The summed E-state index contributed by atoms with van der Waals surface area (Å²) in [7, 11) is 0. The first-order valence-electron chi connectivity index (χ1n) is 9.30. The SMILES string of the molecule is CCOc1cc(CNCCNCCO)c(Cl)cc1OCc1ccccc1C. The van der Waals surface area contributed by atoms with Crippen molar-refractivity contribution in [3.8, 4) is 11.5 Å². The molecule has 2 rings (SSSR count). The minimum Gasteiger partial charge on any atom is -0.490 e. The van der Waals surface area contributed by atoms with E-state index in [9.17, 15) is 0 Å². The summed E-state index contributed by atoms with van der Waals surface area (Å²) < 4.78 is 11.8. The maximum absolute atomic E-state index is 8.75. The van der Waals surface area contributed by atoms with Crippen LogP contribution in [0.3, 0.4) is 0 Å². The van der Waals surface area contributed by atoms with E-state index in [1.807, 2.05) is 31.2 Å². The van der Waals surface area contributed by atoms with Gasteiger partial charge in [-0.2, -0.15) is 0 Å². The number of nitrogens with one attached hydrogen (secondary N) is 2. The molecule has 0 bridgehead atoms. The molecule has 0 radical (unpaired) electrons. The van der Waals surface area contributed by atoms with Crippen LogP contribution >= 0.6 is 11.6 Å². The van der Waals surface area contributed by atoms with Crippen LogP contribution in [0.25, 0.3) is 0 Å². The number of ether oxygens (including phenoxy) is 2. The van der Waals surface area contributed by atoms with Crippen LogP contribution in [0.2, 0.25) is 5.02 Å². The molecule has 0 aliphatic rings. The molecular formula is C21H29ClN2O3. The second-order valence-electron chi connectivity index (χ2n) is 6.19. The van der Waals surface area contributed by atoms with Crippen molar-refractivity contribution in [1.82, 2.24) is 10.6 Å². The highest BCUT2D eigenvalue weighted by Crippen LogP contribution is 2.34. The first-order chi connectivity index (χ1) is 13.2. The summed E-state index contributed by atoms with van der Waals surface area (Å²) in [4.78, 5) is 0. The largest absolute Gasteiger partial charge is 0.490 e. The molecule has 0 spiro atoms. The predicted molar refractivity (Wildman–Crippen MR) is 110 cm³/mol. The van der Waals surface area contributed by atoms with E-state index in [0.717, 1.165) is 24.2 Å². The van der Waals surface area contributed by atoms with Crippen LogP contribution in [0.1, 0.15) is 23.6 Å². The van der Waals surface area contributed by atoms with Crippen LogP contribution in [-0.2, 0) is 13.2 Å². The molecule has 0 aliphatic heterocycles. The minimum atomic E-state index is 0.146. The van der Waals surface area contributed by atoms with E-state index in [1.54, 1.807) is 0 Å². The molecule has 0 saturated carbocycles. The molecule has 5 nitrogen and oxygen atoms in total. The normalized spacial score (nSPS) is 10.8. The zero-order chi connectivity index (χ0) is 19.5. The molecule has 0 heterocycles. The zero-order valence-corrected chi connectivity index (χ0v) is 16.8. The molecule has 0 aromatic heterocycles. The number of rotatable bonds is 12. The molecule has 6 heteroatoms. The molecule has 27 heavy (non-hydrogen) atoms. The molecule has 0 amide bonds. The van der Waals surface area contributed by atoms with Gasteiger partial charge in [0.05, 0.1) is 13.2 Å². The standard InChI is InChI=1S/C21H29ClN2O3/c1-3-26-20-12-18(14-24-9-8-23-10-11-25)19(22)13-21(20)27-15-17-7-5-4-6-16(17)2/h4-7,12-13,23-25H,3,8-11,14-15H2,1-2H3. The Hall–Kier alpha value is -1.79. The Kier molecular flexibility index (Phi) is 9.42. The Bertz CT molecular complexity index is 710. The Morgan fingerprint density at radius 2 is 1.70 bits per heavy atom. The Morgan fingerprint density at radius 1 is 0.963 bits per heavy atom. The Labute approximate surface area is 166 Å². The van der Waals surface area contributed by atoms with Gasteiger partial charge in [0.15, 0.2) is 11.5 Å². The second-order valence-corrected chi connectivity index (χ2v) is 6.60. The maximum atomic E-state index is 8.75. The van der Waals surface area contributed by atoms with E-state index in [2.05, 4.69) is 29.7 Å². The number of hydrogen-bond donors (Lipinski definition) is 3. The fourth-order valence-electron chi connectivity index (χ4n) is 2.63. The molecule has 0 fully saturated rings. The fraction of sp³-hybridized carbons (Fsp3) is 0.429. The van der Waals surface area contributed by atoms with Crippen molar-refractivity contribution in [3.63, 3.8) is 0 Å². The van der Waals surface area contributed by atoms with Gasteiger partial charge in [0.25, 0.3) is 0 Å². The van der Waals surface area contributed by atoms with E-state index in [1.165, 1.54) is 5.56 Å². The summed E-state index contributed by atoms with van der Waals surface area (Å²) in [6.45, 7) is 8.00. The quantitative estimate of drug-likeness (QED) is 0.484. The first-order valence-corrected chi connectivity index (χ1v) is 9.68. The van der Waals surface area contributed by atoms with Crippen molar-refractivity contribution in [2.24, 2.45) is 0 Å². The monoisotopic (exact) mass is 392 g/mol. The fourth-order valence-corrected chi connectivity index (χ4v) is 2.85. The number of aryl methyl sites for hydroxylation is 1. The van der Waals surface area contributed by atoms with Crippen LogP contribution < -0.4 is 20.1 Å². The average molecular weight is 393 g/mol. The second kappa shape index (κ2) is 11.8. The van der Waals surface area contributed by atoms with Crippen molar-refractivity contribution < 1.29 is 14.6 Å². The summed E-state index contributed by atoms with van der Waals surface area (Å²) in [6, 6.07) is 11.9. The maximum Gasteiger partial charge on any atom is 0.163 e. The van der Waals surface area contributed by atoms with Gasteiger partial charge in [-0.1, -0.05) is 35.9 Å². The predicted octanol–water partition coefficient (Wildman–Crippen LogP) is 3.30. The van der Waals surface area contributed by atoms with Crippen molar-refractivity contribution in [3.05, 3.63) is 58.1 Å². The topological polar surface area (TPSA) is 62.8 Å². The van der Waals surface area contributed by atoms with E-state index in [-0.39, 0.29) is 6.61 Å². The van der Waals surface area contributed by atoms with Gasteiger partial charge in [-0.25, -0.2) is 0 Å². The first kappa shape index (κ1) is 21.5. The lowest BCUT2D eigenvalue weighted by atomic mass is 10.1. The van der Waals surface area contributed by atoms with E-state index < -0.39 is 0 Å². The summed E-state index contributed by atoms with van der Waals surface area (Å²) >= 11 is 6.45. The molecule has 0 saturated heterocycles. The third kappa shape index (κ3) is 7.03. The van der Waals surface area contributed by atoms with Gasteiger partial charge in [0, 0.05) is 37.3 Å². The molecule has 148 valence electrons. The Morgan fingerprint density at radius 3 is 2.44 bits per heavy atom. The van der Waals surface area contributed by atoms with E-state index >= 15 is 0 Å². The van der Waals surface area contributed by atoms with Gasteiger partial charge < -0.3 is 25.2 Å². The molecule has 2 aromatic rings. The lowest BCUT2D eigenvalue weighted by molar-refractivity contribution is 0.268. The third-order valence-electron chi connectivity index (χ3n) is 4.14. The van der Waals surface area contributed by atoms with Crippen molar-refractivity contribution in [1.29, 1.82) is 0 Å². The van der Waals surface area contributed by atoms with Gasteiger partial charge in [0.2, 0.25) is 0 Å². The number of aliphatic hydroxyl groups is 1. The highest BCUT2D eigenvalue weighted by Gasteiger charge is 2.12. The minimum absolute atomic E-state index is 0.146. The molecule has 0 atom stereocenters. The number of benzene rings is 2. The van der Waals surface area contributed by atoms with Crippen molar-refractivity contribution in [2.75, 3.05) is 32.8 Å². The molecule has 2 aromatic carbocycles. The molecule has 3 N–H and O–H groups in total.